The zero-order chi connectivity index (χ0) is 9.41. The van der Waals surface area contributed by atoms with Crippen LogP contribution in [0.1, 0.15) is 19.8 Å². The van der Waals surface area contributed by atoms with Crippen molar-refractivity contribution in [3.8, 4) is 0 Å². The van der Waals surface area contributed by atoms with Gasteiger partial charge in [-0.05, 0) is 34.7 Å². The van der Waals surface area contributed by atoms with E-state index in [2.05, 4.69) is 5.87 Å². The summed E-state index contributed by atoms with van der Waals surface area (Å²) in [5.74, 6) is 1.73. The lowest BCUT2D eigenvalue weighted by Gasteiger charge is -2.14. The van der Waals surface area contributed by atoms with Crippen molar-refractivity contribution < 1.29 is 13.0 Å². The average molecular weight is 196 g/mol. The fraction of sp³-hybridized carbons (Fsp3) is 0.875. The first kappa shape index (κ1) is 9.96. The van der Waals surface area contributed by atoms with Crippen LogP contribution >= 0.6 is 0 Å². The van der Waals surface area contributed by atoms with E-state index in [1.165, 1.54) is 0 Å². The first-order valence-corrected chi connectivity index (χ1v) is 6.05. The smallest absolute Gasteiger partial charge is 0.245 e. The van der Waals surface area contributed by atoms with E-state index in [1.54, 1.807) is 0 Å². The summed E-state index contributed by atoms with van der Waals surface area (Å²) in [5.41, 5.74) is 0. The second kappa shape index (κ2) is 2.98. The van der Waals surface area contributed by atoms with E-state index in [1.807, 2.05) is 0 Å². The SMILES string of the molecule is C=S1(=O)CCC(CC(C)(F)F)C1. The van der Waals surface area contributed by atoms with Crippen molar-refractivity contribution in [2.24, 2.45) is 5.92 Å². The van der Waals surface area contributed by atoms with Gasteiger partial charge in [-0.15, -0.1) is 0 Å². The van der Waals surface area contributed by atoms with Gasteiger partial charge in [-0.25, -0.2) is 8.78 Å². The minimum absolute atomic E-state index is 0.0880. The fourth-order valence-corrected chi connectivity index (χ4v) is 3.72. The molecule has 1 saturated heterocycles. The van der Waals surface area contributed by atoms with E-state index in [0.717, 1.165) is 6.92 Å². The van der Waals surface area contributed by atoms with Gasteiger partial charge in [-0.1, -0.05) is 0 Å². The molecule has 0 saturated carbocycles. The molecule has 0 aromatic rings. The zero-order valence-corrected chi connectivity index (χ0v) is 8.00. The van der Waals surface area contributed by atoms with Crippen molar-refractivity contribution in [1.29, 1.82) is 0 Å². The van der Waals surface area contributed by atoms with Crippen LogP contribution in [0.4, 0.5) is 8.78 Å². The molecule has 1 aliphatic rings. The van der Waals surface area contributed by atoms with Crippen LogP contribution in [0, 0.1) is 5.92 Å². The highest BCUT2D eigenvalue weighted by molar-refractivity contribution is 8.00. The van der Waals surface area contributed by atoms with E-state index in [4.69, 9.17) is 0 Å². The maximum absolute atomic E-state index is 12.5. The Kier molecular flexibility index (Phi) is 2.47. The molecule has 12 heavy (non-hydrogen) atoms. The average Bonchev–Trinajstić information content (AvgIpc) is 2.05. The van der Waals surface area contributed by atoms with Crippen molar-refractivity contribution in [2.45, 2.75) is 25.7 Å². The summed E-state index contributed by atoms with van der Waals surface area (Å²) in [4.78, 5) is 0. The van der Waals surface area contributed by atoms with Gasteiger partial charge in [0, 0.05) is 17.9 Å². The second-order valence-corrected chi connectivity index (χ2v) is 6.44. The molecule has 0 radical (unpaired) electrons. The van der Waals surface area contributed by atoms with Gasteiger partial charge in [0.1, 0.15) is 0 Å². The molecule has 0 spiro atoms. The molecule has 1 heterocycles. The van der Waals surface area contributed by atoms with Crippen LogP contribution in [-0.2, 0) is 9.52 Å². The van der Waals surface area contributed by atoms with E-state index >= 15 is 0 Å². The lowest BCUT2D eigenvalue weighted by atomic mass is 10.0. The van der Waals surface area contributed by atoms with E-state index in [-0.39, 0.29) is 12.3 Å². The first-order valence-electron chi connectivity index (χ1n) is 3.99. The molecule has 0 amide bonds. The van der Waals surface area contributed by atoms with Gasteiger partial charge in [0.15, 0.2) is 0 Å². The van der Waals surface area contributed by atoms with Crippen molar-refractivity contribution in [1.82, 2.24) is 0 Å². The molecule has 1 rings (SSSR count). The molecular formula is C8H14F2OS. The minimum atomic E-state index is -2.62. The third-order valence-corrected chi connectivity index (χ3v) is 4.14. The summed E-state index contributed by atoms with van der Waals surface area (Å²) in [6, 6.07) is 0. The van der Waals surface area contributed by atoms with Gasteiger partial charge in [0.05, 0.1) is 0 Å². The fourth-order valence-electron chi connectivity index (χ4n) is 1.65. The molecule has 0 aromatic heterocycles. The van der Waals surface area contributed by atoms with Gasteiger partial charge in [-0.2, -0.15) is 0 Å². The van der Waals surface area contributed by atoms with Crippen molar-refractivity contribution in [2.75, 3.05) is 11.5 Å². The normalized spacial score (nSPS) is 37.1. The first-order chi connectivity index (χ1) is 5.29. The molecule has 0 aliphatic carbocycles. The molecule has 0 bridgehead atoms. The maximum atomic E-state index is 12.5. The van der Waals surface area contributed by atoms with Crippen LogP contribution in [-0.4, -0.2) is 27.5 Å². The number of alkyl halides is 2. The lowest BCUT2D eigenvalue weighted by molar-refractivity contribution is -0.000326. The highest BCUT2D eigenvalue weighted by Gasteiger charge is 2.32. The third kappa shape index (κ3) is 3.09. The highest BCUT2D eigenvalue weighted by Crippen LogP contribution is 2.29. The van der Waals surface area contributed by atoms with Crippen molar-refractivity contribution in [3.63, 3.8) is 0 Å². The summed E-state index contributed by atoms with van der Waals surface area (Å²) in [6.45, 7) is 0.913. The standard InChI is InChI=1S/C8H14F2OS/c1-8(9,10)5-7-3-4-12(2,11)6-7/h7H,2-6H2,1H3. The minimum Gasteiger partial charge on any atom is -0.268 e. The molecule has 2 unspecified atom stereocenters. The Morgan fingerprint density at radius 1 is 1.67 bits per heavy atom. The maximum Gasteiger partial charge on any atom is 0.245 e. The largest absolute Gasteiger partial charge is 0.268 e. The van der Waals surface area contributed by atoms with Crippen LogP contribution in [0.25, 0.3) is 0 Å². The number of halogens is 2. The van der Waals surface area contributed by atoms with Crippen molar-refractivity contribution >= 4 is 15.4 Å². The summed E-state index contributed by atoms with van der Waals surface area (Å²) in [7, 11) is -2.00. The van der Waals surface area contributed by atoms with Crippen LogP contribution in [0.15, 0.2) is 0 Å². The Balaban J connectivity index is 2.49. The Hall–Kier alpha value is -0.120. The van der Waals surface area contributed by atoms with Gasteiger partial charge in [0.2, 0.25) is 5.92 Å². The topological polar surface area (TPSA) is 17.1 Å². The van der Waals surface area contributed by atoms with Crippen molar-refractivity contribution in [3.05, 3.63) is 0 Å². The Morgan fingerprint density at radius 3 is 2.58 bits per heavy atom. The molecule has 1 aliphatic heterocycles. The Bertz CT molecular complexity index is 251. The Morgan fingerprint density at radius 2 is 2.25 bits per heavy atom. The lowest BCUT2D eigenvalue weighted by Crippen LogP contribution is -2.17. The predicted octanol–water partition coefficient (Wildman–Crippen LogP) is 1.77. The molecule has 1 fully saturated rings. The van der Waals surface area contributed by atoms with Gasteiger partial charge >= 0.3 is 0 Å². The zero-order valence-electron chi connectivity index (χ0n) is 7.19. The number of hydrogen-bond acceptors (Lipinski definition) is 1. The molecule has 1 nitrogen and oxygen atoms in total. The highest BCUT2D eigenvalue weighted by atomic mass is 32.2. The van der Waals surface area contributed by atoms with E-state index < -0.39 is 15.4 Å². The van der Waals surface area contributed by atoms with Crippen LogP contribution in [0.3, 0.4) is 0 Å². The molecule has 72 valence electrons. The predicted molar refractivity (Wildman–Crippen MR) is 48.3 cm³/mol. The van der Waals surface area contributed by atoms with Gasteiger partial charge < -0.3 is 0 Å². The second-order valence-electron chi connectivity index (χ2n) is 3.77. The summed E-state index contributed by atoms with van der Waals surface area (Å²) >= 11 is 0. The summed E-state index contributed by atoms with van der Waals surface area (Å²) < 4.78 is 36.4. The Labute approximate surface area is 72.2 Å². The summed E-state index contributed by atoms with van der Waals surface area (Å²) in [5, 5.41) is 0. The van der Waals surface area contributed by atoms with Crippen LogP contribution < -0.4 is 0 Å². The molecule has 0 N–H and O–H groups in total. The molecule has 2 atom stereocenters. The quantitative estimate of drug-likeness (QED) is 0.615. The molecule has 0 aromatic carbocycles. The van der Waals surface area contributed by atoms with Crippen LogP contribution in [0.2, 0.25) is 0 Å². The molecule has 4 heteroatoms. The number of rotatable bonds is 2. The van der Waals surface area contributed by atoms with E-state index in [0.29, 0.717) is 17.9 Å². The summed E-state index contributed by atoms with van der Waals surface area (Å²) in [6.07, 6.45) is 0.505. The van der Waals surface area contributed by atoms with Crippen LogP contribution in [0.5, 0.6) is 0 Å². The monoisotopic (exact) mass is 196 g/mol. The third-order valence-electron chi connectivity index (χ3n) is 2.08. The molecular weight excluding hydrogens is 182 g/mol. The number of hydrogen-bond donors (Lipinski definition) is 0. The van der Waals surface area contributed by atoms with Gasteiger partial charge in [0.25, 0.3) is 0 Å². The van der Waals surface area contributed by atoms with E-state index in [9.17, 15) is 13.0 Å². The van der Waals surface area contributed by atoms with Gasteiger partial charge in [-0.3, -0.25) is 4.21 Å².